The number of hydrogen-bond acceptors (Lipinski definition) is 4. The molecule has 172 valence electrons. The molecule has 0 saturated heterocycles. The second-order valence-corrected chi connectivity index (χ2v) is 7.72. The lowest BCUT2D eigenvalue weighted by molar-refractivity contribution is -0.677. The Morgan fingerprint density at radius 1 is 0.719 bits per heavy atom. The third kappa shape index (κ3) is 14.8. The van der Waals surface area contributed by atoms with Gasteiger partial charge in [0.25, 0.3) is 0 Å². The highest BCUT2D eigenvalue weighted by atomic mass is 32.3. The van der Waals surface area contributed by atoms with Crippen molar-refractivity contribution in [2.24, 2.45) is 14.1 Å². The molecule has 32 heavy (non-hydrogen) atoms. The second-order valence-electron chi connectivity index (χ2n) is 6.90. The fraction of sp³-hybridized carbons (Fsp3) is 0.200. The molecular formula is C25H32N2O4S. The van der Waals surface area contributed by atoms with Gasteiger partial charge >= 0.3 is 0 Å². The Hall–Kier alpha value is -3.13. The molecule has 0 N–H and O–H groups in total. The van der Waals surface area contributed by atoms with Crippen molar-refractivity contribution in [2.45, 2.75) is 20.8 Å². The van der Waals surface area contributed by atoms with E-state index >= 15 is 0 Å². The van der Waals surface area contributed by atoms with Crippen molar-refractivity contribution in [1.82, 2.24) is 0 Å². The smallest absolute Gasteiger partial charge is 0.177 e. The van der Waals surface area contributed by atoms with Crippen molar-refractivity contribution in [3.05, 3.63) is 108 Å². The Balaban J connectivity index is 0.000000415. The molecule has 1 aromatic carbocycles. The van der Waals surface area contributed by atoms with E-state index in [-0.39, 0.29) is 0 Å². The number of aryl methyl sites for hydroxylation is 5. The molecule has 3 aromatic rings. The summed E-state index contributed by atoms with van der Waals surface area (Å²) in [6.07, 6.45) is 7.81. The van der Waals surface area contributed by atoms with Gasteiger partial charge in [0.15, 0.2) is 23.8 Å². The minimum atomic E-state index is -5.17. The van der Waals surface area contributed by atoms with Crippen LogP contribution in [0.15, 0.2) is 80.1 Å². The fourth-order valence-electron chi connectivity index (χ4n) is 2.18. The van der Waals surface area contributed by atoms with Gasteiger partial charge in [-0.05, 0) is 19.1 Å². The van der Waals surface area contributed by atoms with Crippen LogP contribution in [0.5, 0.6) is 0 Å². The molecule has 0 aliphatic carbocycles. The largest absolute Gasteiger partial charge is 0.759 e. The summed E-state index contributed by atoms with van der Waals surface area (Å²) in [6.45, 7) is 13.6. The van der Waals surface area contributed by atoms with Gasteiger partial charge in [-0.1, -0.05) is 61.2 Å². The molecule has 2 aromatic heterocycles. The van der Waals surface area contributed by atoms with Crippen LogP contribution < -0.4 is 9.13 Å². The van der Waals surface area contributed by atoms with Crippen molar-refractivity contribution in [1.29, 1.82) is 0 Å². The van der Waals surface area contributed by atoms with Crippen molar-refractivity contribution in [2.75, 3.05) is 0 Å². The summed E-state index contributed by atoms with van der Waals surface area (Å²) in [5, 5.41) is 0. The summed E-state index contributed by atoms with van der Waals surface area (Å²) in [4.78, 5) is 0. The van der Waals surface area contributed by atoms with Gasteiger partial charge in [-0.2, -0.15) is 0 Å². The van der Waals surface area contributed by atoms with Crippen LogP contribution in [0.3, 0.4) is 0 Å². The predicted octanol–water partition coefficient (Wildman–Crippen LogP) is 3.58. The maximum atomic E-state index is 8.52. The number of rotatable bonds is 2. The molecular weight excluding hydrogens is 424 g/mol. The van der Waals surface area contributed by atoms with E-state index in [1.54, 1.807) is 0 Å². The lowest BCUT2D eigenvalue weighted by atomic mass is 10.2. The third-order valence-corrected chi connectivity index (χ3v) is 4.24. The van der Waals surface area contributed by atoms with Crippen LogP contribution >= 0.6 is 0 Å². The number of benzene rings is 1. The lowest BCUT2D eigenvalue weighted by Crippen LogP contribution is -2.31. The lowest BCUT2D eigenvalue weighted by Gasteiger charge is -2.06. The molecule has 0 bridgehead atoms. The van der Waals surface area contributed by atoms with Gasteiger partial charge in [-0.15, -0.1) is 0 Å². The summed E-state index contributed by atoms with van der Waals surface area (Å²) in [6, 6.07) is 18.5. The number of pyridine rings is 2. The maximum absolute atomic E-state index is 8.52. The van der Waals surface area contributed by atoms with Crippen LogP contribution in [0.1, 0.15) is 28.1 Å². The second kappa shape index (κ2) is 14.8. The maximum Gasteiger partial charge on any atom is 0.177 e. The Morgan fingerprint density at radius 2 is 1.06 bits per heavy atom. The van der Waals surface area contributed by atoms with Crippen LogP contribution in [-0.2, 0) is 24.5 Å². The zero-order chi connectivity index (χ0) is 24.7. The van der Waals surface area contributed by atoms with Crippen LogP contribution in [0.25, 0.3) is 12.2 Å². The first-order valence-electron chi connectivity index (χ1n) is 9.73. The quantitative estimate of drug-likeness (QED) is 0.335. The monoisotopic (exact) mass is 456 g/mol. The van der Waals surface area contributed by atoms with Gasteiger partial charge in [-0.3, -0.25) is 8.42 Å². The summed E-state index contributed by atoms with van der Waals surface area (Å²) in [5.41, 5.74) is 6.15. The van der Waals surface area contributed by atoms with Crippen LogP contribution in [0.2, 0.25) is 0 Å². The molecule has 0 fully saturated rings. The molecule has 7 heteroatoms. The Labute approximate surface area is 192 Å². The van der Waals surface area contributed by atoms with E-state index in [4.69, 9.17) is 17.5 Å². The molecule has 0 spiro atoms. The highest BCUT2D eigenvalue weighted by Crippen LogP contribution is 1.98. The minimum Gasteiger partial charge on any atom is -0.759 e. The SMILES string of the molecule is C=Cc1ccc(C)[n+](C)c1.C=Cc1ccc(C)[n+](C)c1.Cc1ccccc1.O=S(=O)([O-])[O-]. The standard InChI is InChI=1S/2C9H12N.C7H8.H2O4S/c2*1-4-9-6-5-8(2)10(3)7-9;1-7-5-3-2-4-6-7;1-5(2,3)4/h2*4-7H,1H2,2-3H3;2-6H,1H3;(H2,1,2,3,4)/q2*+1;;/p-2. The highest BCUT2D eigenvalue weighted by molar-refractivity contribution is 7.79. The van der Waals surface area contributed by atoms with Gasteiger partial charge in [0, 0.05) is 47.5 Å². The van der Waals surface area contributed by atoms with Gasteiger partial charge in [0.2, 0.25) is 0 Å². The fourth-order valence-corrected chi connectivity index (χ4v) is 2.18. The van der Waals surface area contributed by atoms with Gasteiger partial charge < -0.3 is 9.11 Å². The summed E-state index contributed by atoms with van der Waals surface area (Å²) in [7, 11) is -1.11. The van der Waals surface area contributed by atoms with E-state index in [0.29, 0.717) is 0 Å². The molecule has 3 rings (SSSR count). The Kier molecular flexibility index (Phi) is 13.4. The molecule has 0 aliphatic heterocycles. The van der Waals surface area contributed by atoms with E-state index in [0.717, 1.165) is 11.1 Å². The number of hydrogen-bond donors (Lipinski definition) is 0. The first-order chi connectivity index (χ1) is 14.9. The highest BCUT2D eigenvalue weighted by Gasteiger charge is 1.98. The predicted molar refractivity (Wildman–Crippen MR) is 127 cm³/mol. The van der Waals surface area contributed by atoms with Gasteiger partial charge in [-0.25, -0.2) is 9.13 Å². The Bertz CT molecular complexity index is 1030. The zero-order valence-corrected chi connectivity index (χ0v) is 20.2. The van der Waals surface area contributed by atoms with Crippen LogP contribution in [0.4, 0.5) is 0 Å². The van der Waals surface area contributed by atoms with Crippen LogP contribution in [0, 0.1) is 20.8 Å². The van der Waals surface area contributed by atoms with E-state index in [9.17, 15) is 0 Å². The van der Waals surface area contributed by atoms with Crippen molar-refractivity contribution >= 4 is 22.6 Å². The van der Waals surface area contributed by atoms with Crippen molar-refractivity contribution in [3.63, 3.8) is 0 Å². The molecule has 2 heterocycles. The van der Waals surface area contributed by atoms with Crippen LogP contribution in [-0.4, -0.2) is 17.5 Å². The summed E-state index contributed by atoms with van der Waals surface area (Å²) < 4.78 is 38.2. The molecule has 0 saturated carbocycles. The van der Waals surface area contributed by atoms with E-state index in [2.05, 4.69) is 91.9 Å². The number of nitrogens with zero attached hydrogens (tertiary/aromatic N) is 2. The third-order valence-electron chi connectivity index (χ3n) is 4.24. The average molecular weight is 457 g/mol. The molecule has 0 aliphatic rings. The molecule has 6 nitrogen and oxygen atoms in total. The summed E-state index contributed by atoms with van der Waals surface area (Å²) >= 11 is 0. The molecule has 0 amide bonds. The number of aromatic nitrogens is 2. The first kappa shape index (κ1) is 28.9. The average Bonchev–Trinajstić information content (AvgIpc) is 2.72. The van der Waals surface area contributed by atoms with Gasteiger partial charge in [0.1, 0.15) is 14.1 Å². The molecule has 0 atom stereocenters. The van der Waals surface area contributed by atoms with Crippen molar-refractivity contribution < 1.29 is 26.7 Å². The molecule has 0 radical (unpaired) electrons. The normalized spacial score (nSPS) is 9.59. The zero-order valence-electron chi connectivity index (χ0n) is 19.4. The first-order valence-corrected chi connectivity index (χ1v) is 11.1. The van der Waals surface area contributed by atoms with E-state index in [1.165, 1.54) is 17.0 Å². The van der Waals surface area contributed by atoms with Crippen molar-refractivity contribution in [3.8, 4) is 0 Å². The van der Waals surface area contributed by atoms with E-state index < -0.39 is 10.4 Å². The summed E-state index contributed by atoms with van der Waals surface area (Å²) in [5.74, 6) is 0. The Morgan fingerprint density at radius 3 is 1.28 bits per heavy atom. The van der Waals surface area contributed by atoms with E-state index in [1.807, 2.05) is 44.4 Å². The van der Waals surface area contributed by atoms with Gasteiger partial charge in [0.05, 0.1) is 0 Å². The topological polar surface area (TPSA) is 88.0 Å². The molecule has 0 unspecified atom stereocenters. The minimum absolute atomic E-state index is 1.16.